The van der Waals surface area contributed by atoms with E-state index in [4.69, 9.17) is 5.73 Å². The molecule has 0 aliphatic heterocycles. The van der Waals surface area contributed by atoms with Gasteiger partial charge in [0, 0.05) is 36.0 Å². The normalized spacial score (nSPS) is 11.1. The molecular formula is C15H13ClN4O4. The van der Waals surface area contributed by atoms with Crippen LogP contribution < -0.4 is 5.73 Å². The minimum Gasteiger partial charge on any atom is -0.383 e. The molecule has 0 heterocycles. The van der Waals surface area contributed by atoms with Crippen LogP contribution >= 0.6 is 12.4 Å². The quantitative estimate of drug-likeness (QED) is 0.384. The highest BCUT2D eigenvalue weighted by Gasteiger charge is 2.05. The molecule has 2 aromatic carbocycles. The lowest BCUT2D eigenvalue weighted by Gasteiger charge is -1.98. The van der Waals surface area contributed by atoms with Crippen molar-refractivity contribution >= 4 is 35.7 Å². The van der Waals surface area contributed by atoms with Crippen molar-refractivity contribution in [2.75, 3.05) is 0 Å². The van der Waals surface area contributed by atoms with Crippen LogP contribution in [-0.2, 0) is 0 Å². The number of rotatable bonds is 5. The van der Waals surface area contributed by atoms with Crippen LogP contribution in [0.3, 0.4) is 0 Å². The second-order valence-electron chi connectivity index (χ2n) is 4.48. The van der Waals surface area contributed by atoms with Crippen LogP contribution in [0.25, 0.3) is 6.08 Å². The van der Waals surface area contributed by atoms with Crippen molar-refractivity contribution in [1.29, 1.82) is 0 Å². The third-order valence-corrected chi connectivity index (χ3v) is 2.96. The molecule has 0 spiro atoms. The molecule has 2 aromatic rings. The van der Waals surface area contributed by atoms with E-state index < -0.39 is 9.85 Å². The zero-order chi connectivity index (χ0) is 16.8. The van der Waals surface area contributed by atoms with Crippen LogP contribution in [0.2, 0.25) is 0 Å². The Bertz CT molecular complexity index is 786. The fraction of sp³-hybridized carbons (Fsp3) is 0. The minimum absolute atomic E-state index is 0. The van der Waals surface area contributed by atoms with E-state index >= 15 is 0 Å². The van der Waals surface area contributed by atoms with E-state index in [1.165, 1.54) is 42.6 Å². The summed E-state index contributed by atoms with van der Waals surface area (Å²) in [6, 6.07) is 11.7. The highest BCUT2D eigenvalue weighted by molar-refractivity contribution is 5.98. The molecule has 0 saturated carbocycles. The third-order valence-electron chi connectivity index (χ3n) is 2.96. The van der Waals surface area contributed by atoms with E-state index in [2.05, 4.69) is 4.99 Å². The lowest BCUT2D eigenvalue weighted by molar-refractivity contribution is -0.385. The maximum absolute atomic E-state index is 10.6. The summed E-state index contributed by atoms with van der Waals surface area (Å²) in [5.41, 5.74) is 7.07. The molecule has 0 unspecified atom stereocenters. The molecule has 2 rings (SSSR count). The summed E-state index contributed by atoms with van der Waals surface area (Å²) in [7, 11) is 0. The summed E-state index contributed by atoms with van der Waals surface area (Å²) in [5.74, 6) is 0.207. The first-order chi connectivity index (χ1) is 11.0. The predicted molar refractivity (Wildman–Crippen MR) is 93.2 cm³/mol. The molecule has 0 bridgehead atoms. The Hall–Kier alpha value is -3.26. The van der Waals surface area contributed by atoms with Gasteiger partial charge >= 0.3 is 0 Å². The summed E-state index contributed by atoms with van der Waals surface area (Å²) in [6.07, 6.45) is 3.10. The first kappa shape index (κ1) is 18.8. The Kier molecular flexibility index (Phi) is 6.57. The van der Waals surface area contributed by atoms with Gasteiger partial charge in [-0.3, -0.25) is 20.2 Å². The van der Waals surface area contributed by atoms with Gasteiger partial charge in [0.1, 0.15) is 5.84 Å². The van der Waals surface area contributed by atoms with Gasteiger partial charge < -0.3 is 5.73 Å². The van der Waals surface area contributed by atoms with Gasteiger partial charge in [0.05, 0.1) is 9.85 Å². The Morgan fingerprint density at radius 2 is 1.38 bits per heavy atom. The van der Waals surface area contributed by atoms with Crippen molar-refractivity contribution in [1.82, 2.24) is 0 Å². The minimum atomic E-state index is -0.494. The number of hydrogen-bond donors (Lipinski definition) is 1. The Morgan fingerprint density at radius 3 is 1.83 bits per heavy atom. The van der Waals surface area contributed by atoms with Gasteiger partial charge in [-0.2, -0.15) is 0 Å². The molecule has 2 N–H and O–H groups in total. The Morgan fingerprint density at radius 1 is 0.917 bits per heavy atom. The van der Waals surface area contributed by atoms with Crippen molar-refractivity contribution in [3.05, 3.63) is 86.1 Å². The van der Waals surface area contributed by atoms with Crippen molar-refractivity contribution in [2.45, 2.75) is 0 Å². The van der Waals surface area contributed by atoms with Crippen molar-refractivity contribution < 1.29 is 9.85 Å². The average Bonchev–Trinajstić information content (AvgIpc) is 2.55. The summed E-state index contributed by atoms with van der Waals surface area (Å²) >= 11 is 0. The molecule has 0 atom stereocenters. The standard InChI is InChI=1S/C15H12N4O4.ClH/c16-15(12-3-7-14(8-4-12)19(22)23)17-10-9-11-1-5-13(6-2-11)18(20)21;/h1-10H,(H2,16,17);1H. The molecule has 0 saturated heterocycles. The molecule has 0 aromatic heterocycles. The Labute approximate surface area is 143 Å². The highest BCUT2D eigenvalue weighted by atomic mass is 35.5. The number of nitro benzene ring substituents is 2. The summed E-state index contributed by atoms with van der Waals surface area (Å²) in [4.78, 5) is 24.2. The van der Waals surface area contributed by atoms with Gasteiger partial charge in [-0.25, -0.2) is 4.99 Å². The van der Waals surface area contributed by atoms with Gasteiger partial charge in [-0.15, -0.1) is 12.4 Å². The number of non-ortho nitro benzene ring substituents is 2. The fourth-order valence-corrected chi connectivity index (χ4v) is 1.74. The third kappa shape index (κ3) is 4.89. The number of halogens is 1. The van der Waals surface area contributed by atoms with Gasteiger partial charge in [-0.1, -0.05) is 0 Å². The molecular weight excluding hydrogens is 336 g/mol. The van der Waals surface area contributed by atoms with Gasteiger partial charge in [0.2, 0.25) is 0 Å². The molecule has 0 aliphatic rings. The van der Waals surface area contributed by atoms with Crippen LogP contribution in [0.4, 0.5) is 11.4 Å². The van der Waals surface area contributed by atoms with Gasteiger partial charge in [0.15, 0.2) is 0 Å². The average molecular weight is 349 g/mol. The van der Waals surface area contributed by atoms with Crippen molar-refractivity contribution in [3.8, 4) is 0 Å². The second-order valence-corrected chi connectivity index (χ2v) is 4.48. The maximum atomic E-state index is 10.6. The van der Waals surface area contributed by atoms with E-state index in [1.807, 2.05) is 0 Å². The number of nitro groups is 2. The van der Waals surface area contributed by atoms with E-state index in [1.54, 1.807) is 18.2 Å². The van der Waals surface area contributed by atoms with Crippen LogP contribution in [0.15, 0.2) is 59.7 Å². The monoisotopic (exact) mass is 348 g/mol. The van der Waals surface area contributed by atoms with Gasteiger partial charge in [0.25, 0.3) is 11.4 Å². The molecule has 124 valence electrons. The first-order valence-electron chi connectivity index (χ1n) is 6.46. The summed E-state index contributed by atoms with van der Waals surface area (Å²) in [5, 5.41) is 21.1. The highest BCUT2D eigenvalue weighted by Crippen LogP contribution is 2.13. The second kappa shape index (κ2) is 8.39. The number of benzene rings is 2. The zero-order valence-electron chi connectivity index (χ0n) is 12.2. The van der Waals surface area contributed by atoms with Gasteiger partial charge in [-0.05, 0) is 35.9 Å². The summed E-state index contributed by atoms with van der Waals surface area (Å²) < 4.78 is 0. The Balaban J connectivity index is 0.00000288. The van der Waals surface area contributed by atoms with Crippen molar-refractivity contribution in [2.24, 2.45) is 10.7 Å². The molecule has 0 fully saturated rings. The SMILES string of the molecule is Cl.NC(=NC=Cc1ccc([N+](=O)[O-])cc1)c1ccc([N+](=O)[O-])cc1. The molecule has 0 amide bonds. The van der Waals surface area contributed by atoms with Crippen LogP contribution in [-0.4, -0.2) is 15.7 Å². The van der Waals surface area contributed by atoms with E-state index in [-0.39, 0.29) is 29.6 Å². The topological polar surface area (TPSA) is 125 Å². The number of amidine groups is 1. The maximum Gasteiger partial charge on any atom is 0.269 e. The van der Waals surface area contributed by atoms with Crippen LogP contribution in [0.5, 0.6) is 0 Å². The first-order valence-corrected chi connectivity index (χ1v) is 6.46. The molecule has 0 aliphatic carbocycles. The molecule has 0 radical (unpaired) electrons. The zero-order valence-corrected chi connectivity index (χ0v) is 13.1. The predicted octanol–water partition coefficient (Wildman–Crippen LogP) is 3.30. The van der Waals surface area contributed by atoms with E-state index in [0.717, 1.165) is 5.56 Å². The van der Waals surface area contributed by atoms with E-state index in [9.17, 15) is 20.2 Å². The largest absolute Gasteiger partial charge is 0.383 e. The number of aliphatic imine (C=N–C) groups is 1. The lowest BCUT2D eigenvalue weighted by atomic mass is 10.2. The van der Waals surface area contributed by atoms with Crippen LogP contribution in [0, 0.1) is 20.2 Å². The number of hydrogen-bond acceptors (Lipinski definition) is 5. The number of nitrogens with two attached hydrogens (primary N) is 1. The molecule has 24 heavy (non-hydrogen) atoms. The van der Waals surface area contributed by atoms with E-state index in [0.29, 0.717) is 5.56 Å². The fourth-order valence-electron chi connectivity index (χ4n) is 1.74. The summed E-state index contributed by atoms with van der Waals surface area (Å²) in [6.45, 7) is 0. The number of nitrogens with zero attached hydrogens (tertiary/aromatic N) is 3. The lowest BCUT2D eigenvalue weighted by Crippen LogP contribution is -2.12. The molecule has 9 heteroatoms. The van der Waals surface area contributed by atoms with Crippen molar-refractivity contribution in [3.63, 3.8) is 0 Å². The molecule has 8 nitrogen and oxygen atoms in total. The van der Waals surface area contributed by atoms with Crippen LogP contribution in [0.1, 0.15) is 11.1 Å². The smallest absolute Gasteiger partial charge is 0.269 e.